The van der Waals surface area contributed by atoms with Gasteiger partial charge in [-0.05, 0) is 24.6 Å². The molecular weight excluding hydrogens is 452 g/mol. The van der Waals surface area contributed by atoms with Gasteiger partial charge in [0.25, 0.3) is 11.8 Å². The smallest absolute Gasteiger partial charge is 0.274 e. The molecule has 0 aliphatic rings. The van der Waals surface area contributed by atoms with Gasteiger partial charge in [-0.15, -0.1) is 5.10 Å². The van der Waals surface area contributed by atoms with E-state index in [1.165, 1.54) is 32.2 Å². The summed E-state index contributed by atoms with van der Waals surface area (Å²) in [7, 11) is 4.40. The van der Waals surface area contributed by atoms with Crippen molar-refractivity contribution >= 4 is 18.0 Å². The molecule has 11 heteroatoms. The molecule has 1 atom stereocenters. The fourth-order valence-corrected chi connectivity index (χ4v) is 3.38. The number of rotatable bonds is 11. The number of nitrogens with one attached hydrogen (secondary N) is 3. The number of nitrogens with zero attached hydrogens (tertiary/aromatic N) is 3. The lowest BCUT2D eigenvalue weighted by Crippen LogP contribution is -2.29. The van der Waals surface area contributed by atoms with Crippen LogP contribution in [0.5, 0.6) is 17.2 Å². The van der Waals surface area contributed by atoms with Crippen LogP contribution in [0.3, 0.4) is 0 Å². The number of aromatic nitrogens is 3. The third-order valence-electron chi connectivity index (χ3n) is 5.24. The Balaban J connectivity index is 1.59. The largest absolute Gasteiger partial charge is 0.493 e. The van der Waals surface area contributed by atoms with E-state index in [0.717, 1.165) is 17.3 Å². The third kappa shape index (κ3) is 5.94. The van der Waals surface area contributed by atoms with Crippen molar-refractivity contribution in [1.29, 1.82) is 5.41 Å². The molecule has 0 bridgehead atoms. The quantitative estimate of drug-likeness (QED) is 0.357. The van der Waals surface area contributed by atoms with E-state index in [2.05, 4.69) is 20.9 Å². The highest BCUT2D eigenvalue weighted by Crippen LogP contribution is 2.39. The molecule has 0 saturated carbocycles. The predicted molar refractivity (Wildman–Crippen MR) is 129 cm³/mol. The second-order valence-corrected chi connectivity index (χ2v) is 7.53. The van der Waals surface area contributed by atoms with E-state index in [1.54, 1.807) is 12.1 Å². The Morgan fingerprint density at radius 2 is 1.74 bits per heavy atom. The van der Waals surface area contributed by atoms with Crippen molar-refractivity contribution in [3.63, 3.8) is 0 Å². The normalized spacial score (nSPS) is 11.3. The fourth-order valence-electron chi connectivity index (χ4n) is 3.38. The molecule has 0 spiro atoms. The second-order valence-electron chi connectivity index (χ2n) is 7.53. The van der Waals surface area contributed by atoms with E-state index in [9.17, 15) is 9.59 Å². The van der Waals surface area contributed by atoms with Crippen LogP contribution in [0, 0.1) is 12.3 Å². The number of methoxy groups -OCH3 is 3. The highest BCUT2D eigenvalue weighted by atomic mass is 16.5. The summed E-state index contributed by atoms with van der Waals surface area (Å²) in [6.07, 6.45) is 2.64. The molecule has 3 aromatic rings. The first-order chi connectivity index (χ1) is 16.9. The van der Waals surface area contributed by atoms with Crippen LogP contribution in [0.2, 0.25) is 0 Å². The molecule has 1 unspecified atom stereocenters. The topological polar surface area (TPSA) is 140 Å². The van der Waals surface area contributed by atoms with Crippen molar-refractivity contribution in [1.82, 2.24) is 25.6 Å². The van der Waals surface area contributed by atoms with Gasteiger partial charge in [0.15, 0.2) is 17.2 Å². The maximum Gasteiger partial charge on any atom is 0.274 e. The molecule has 0 aliphatic heterocycles. The van der Waals surface area contributed by atoms with Crippen molar-refractivity contribution < 1.29 is 23.8 Å². The summed E-state index contributed by atoms with van der Waals surface area (Å²) >= 11 is 0. The molecule has 184 valence electrons. The Bertz CT molecular complexity index is 1190. The molecule has 3 rings (SSSR count). The third-order valence-corrected chi connectivity index (χ3v) is 5.24. The minimum Gasteiger partial charge on any atom is -0.493 e. The number of benzene rings is 2. The van der Waals surface area contributed by atoms with Crippen LogP contribution in [-0.2, 0) is 6.54 Å². The summed E-state index contributed by atoms with van der Waals surface area (Å²) < 4.78 is 17.3. The molecule has 1 aromatic heterocycles. The van der Waals surface area contributed by atoms with Crippen molar-refractivity contribution in [2.24, 2.45) is 0 Å². The minimum atomic E-state index is -0.580. The van der Waals surface area contributed by atoms with Gasteiger partial charge in [0.2, 0.25) is 5.75 Å². The van der Waals surface area contributed by atoms with Crippen LogP contribution in [-0.4, -0.2) is 60.9 Å². The molecule has 3 N–H and O–H groups in total. The lowest BCUT2D eigenvalue weighted by Gasteiger charge is -2.15. The van der Waals surface area contributed by atoms with Crippen LogP contribution < -0.4 is 24.8 Å². The Labute approximate surface area is 202 Å². The first-order valence-electron chi connectivity index (χ1n) is 10.8. The molecule has 2 aromatic carbocycles. The molecule has 1 heterocycles. The maximum absolute atomic E-state index is 12.7. The van der Waals surface area contributed by atoms with E-state index in [4.69, 9.17) is 19.6 Å². The molecule has 0 saturated heterocycles. The minimum absolute atomic E-state index is 0.108. The Morgan fingerprint density at radius 3 is 2.37 bits per heavy atom. The molecule has 11 nitrogen and oxygen atoms in total. The van der Waals surface area contributed by atoms with E-state index in [-0.39, 0.29) is 36.0 Å². The standard InChI is InChI=1S/C24H28N6O5/c1-15-5-7-16(8-6-15)18(13-25)27-24(32)19-14-30(29-28-19)12-11-26-23(31)17-9-10-20(33-2)22(35-4)21(17)34-3/h5-10,13-14,18,25H,11-12H2,1-4H3,(H,26,31)(H,27,32). The van der Waals surface area contributed by atoms with Gasteiger partial charge in [0.1, 0.15) is 0 Å². The summed E-state index contributed by atoms with van der Waals surface area (Å²) in [5.74, 6) is 0.209. The lowest BCUT2D eigenvalue weighted by molar-refractivity contribution is 0.0935. The number of aryl methyl sites for hydroxylation is 1. The zero-order chi connectivity index (χ0) is 25.4. The summed E-state index contributed by atoms with van der Waals surface area (Å²) in [4.78, 5) is 25.3. The monoisotopic (exact) mass is 480 g/mol. The number of hydrogen-bond donors (Lipinski definition) is 3. The second kappa shape index (κ2) is 11.6. The Hall–Kier alpha value is -4.41. The van der Waals surface area contributed by atoms with Crippen LogP contribution in [0.25, 0.3) is 0 Å². The van der Waals surface area contributed by atoms with Crippen molar-refractivity contribution in [3.8, 4) is 17.2 Å². The van der Waals surface area contributed by atoms with Crippen LogP contribution in [0.15, 0.2) is 42.6 Å². The predicted octanol–water partition coefficient (Wildman–Crippen LogP) is 2.16. The van der Waals surface area contributed by atoms with Gasteiger partial charge in [0, 0.05) is 12.8 Å². The SMILES string of the molecule is COc1ccc(C(=O)NCCn2cc(C(=O)NC(C=N)c3ccc(C)cc3)nn2)c(OC)c1OC. The van der Waals surface area contributed by atoms with Gasteiger partial charge >= 0.3 is 0 Å². The zero-order valence-corrected chi connectivity index (χ0v) is 20.0. The van der Waals surface area contributed by atoms with Crippen molar-refractivity contribution in [2.75, 3.05) is 27.9 Å². The van der Waals surface area contributed by atoms with Gasteiger partial charge in [-0.25, -0.2) is 4.68 Å². The van der Waals surface area contributed by atoms with Crippen LogP contribution >= 0.6 is 0 Å². The van der Waals surface area contributed by atoms with Gasteiger partial charge in [-0.3, -0.25) is 9.59 Å². The van der Waals surface area contributed by atoms with Crippen LogP contribution in [0.1, 0.15) is 38.0 Å². The van der Waals surface area contributed by atoms with Gasteiger partial charge in [0.05, 0.1) is 45.7 Å². The average Bonchev–Trinajstić information content (AvgIpc) is 3.35. The van der Waals surface area contributed by atoms with Crippen LogP contribution in [0.4, 0.5) is 0 Å². The molecule has 2 amide bonds. The average molecular weight is 481 g/mol. The first kappa shape index (κ1) is 25.2. The first-order valence-corrected chi connectivity index (χ1v) is 10.8. The van der Waals surface area contributed by atoms with E-state index in [1.807, 2.05) is 31.2 Å². The zero-order valence-electron chi connectivity index (χ0n) is 20.0. The van der Waals surface area contributed by atoms with Gasteiger partial charge in [-0.2, -0.15) is 0 Å². The molecule has 0 radical (unpaired) electrons. The highest BCUT2D eigenvalue weighted by Gasteiger charge is 2.21. The Morgan fingerprint density at radius 1 is 1.03 bits per heavy atom. The lowest BCUT2D eigenvalue weighted by atomic mass is 10.1. The van der Waals surface area contributed by atoms with Crippen molar-refractivity contribution in [2.45, 2.75) is 19.5 Å². The number of ether oxygens (including phenoxy) is 3. The fraction of sp³-hybridized carbons (Fsp3) is 0.292. The molecule has 0 aliphatic carbocycles. The highest BCUT2D eigenvalue weighted by molar-refractivity contribution is 5.98. The van der Waals surface area contributed by atoms with E-state index in [0.29, 0.717) is 11.5 Å². The number of carbonyl (C=O) groups is 2. The summed E-state index contributed by atoms with van der Waals surface area (Å²) in [6, 6.07) is 10.2. The number of amides is 2. The molecule has 35 heavy (non-hydrogen) atoms. The van der Waals surface area contributed by atoms with Crippen molar-refractivity contribution in [3.05, 3.63) is 65.0 Å². The number of carbonyl (C=O) groups excluding carboxylic acids is 2. The van der Waals surface area contributed by atoms with E-state index < -0.39 is 11.9 Å². The summed E-state index contributed by atoms with van der Waals surface area (Å²) in [5.41, 5.74) is 2.28. The molecule has 0 fully saturated rings. The van der Waals surface area contributed by atoms with E-state index >= 15 is 0 Å². The summed E-state index contributed by atoms with van der Waals surface area (Å²) in [5, 5.41) is 21.0. The summed E-state index contributed by atoms with van der Waals surface area (Å²) in [6.45, 7) is 2.48. The Kier molecular flexibility index (Phi) is 8.38. The number of hydrogen-bond acceptors (Lipinski definition) is 8. The van der Waals surface area contributed by atoms with Gasteiger partial charge < -0.3 is 30.3 Å². The maximum atomic E-state index is 12.7. The van der Waals surface area contributed by atoms with Gasteiger partial charge in [-0.1, -0.05) is 35.0 Å². The molecular formula is C24H28N6O5.